The highest BCUT2D eigenvalue weighted by Gasteiger charge is 1.94. The van der Waals surface area contributed by atoms with Crippen LogP contribution in [0.3, 0.4) is 0 Å². The number of hydrogen-bond acceptors (Lipinski definition) is 0. The quantitative estimate of drug-likeness (QED) is 0.623. The minimum atomic E-state index is 0.941. The summed E-state index contributed by atoms with van der Waals surface area (Å²) in [5.74, 6) is 2.61. The Morgan fingerprint density at radius 3 is 2.73 bits per heavy atom. The molecule has 0 fully saturated rings. The molecule has 11 heavy (non-hydrogen) atoms. The van der Waals surface area contributed by atoms with Gasteiger partial charge < -0.3 is 0 Å². The van der Waals surface area contributed by atoms with Crippen LogP contribution in [0.5, 0.6) is 0 Å². The van der Waals surface area contributed by atoms with E-state index in [0.29, 0.717) is 0 Å². The minimum Gasteiger partial charge on any atom is -0.115 e. The van der Waals surface area contributed by atoms with Crippen molar-refractivity contribution in [1.29, 1.82) is 0 Å². The number of rotatable bonds is 1. The van der Waals surface area contributed by atoms with Gasteiger partial charge in [0, 0.05) is 10.0 Å². The molecule has 0 aromatic heterocycles. The molecule has 0 aliphatic heterocycles. The van der Waals surface area contributed by atoms with Gasteiger partial charge in [-0.3, -0.25) is 0 Å². The fourth-order valence-corrected chi connectivity index (χ4v) is 1.48. The van der Waals surface area contributed by atoms with Gasteiger partial charge in [-0.15, -0.1) is 6.42 Å². The Hall–Kier alpha value is -0.740. The highest BCUT2D eigenvalue weighted by molar-refractivity contribution is 9.10. The lowest BCUT2D eigenvalue weighted by Gasteiger charge is -1.98. The zero-order chi connectivity index (χ0) is 8.27. The first-order valence-corrected chi connectivity index (χ1v) is 4.31. The number of halogens is 1. The molecule has 0 unspecified atom stereocenters. The molecule has 0 spiro atoms. The first-order chi connectivity index (χ1) is 5.26. The van der Waals surface area contributed by atoms with Gasteiger partial charge in [-0.05, 0) is 30.2 Å². The summed E-state index contributed by atoms with van der Waals surface area (Å²) in [6.07, 6.45) is 6.29. The zero-order valence-electron chi connectivity index (χ0n) is 6.39. The molecule has 0 radical (unpaired) electrons. The molecule has 56 valence electrons. The predicted octanol–water partition coefficient (Wildman–Crippen LogP) is 2.99. The fourth-order valence-electron chi connectivity index (χ4n) is 0.938. The number of hydrogen-bond donors (Lipinski definition) is 0. The molecule has 1 aromatic carbocycles. The lowest BCUT2D eigenvalue weighted by molar-refractivity contribution is 1.13. The summed E-state index contributed by atoms with van der Waals surface area (Å²) in [6.45, 7) is 2.11. The molecule has 0 aliphatic carbocycles. The second-order valence-corrected chi connectivity index (χ2v) is 3.26. The van der Waals surface area contributed by atoms with E-state index in [-0.39, 0.29) is 0 Å². The third-order valence-corrected chi connectivity index (χ3v) is 1.99. The predicted molar refractivity (Wildman–Crippen MR) is 51.5 cm³/mol. The average Bonchev–Trinajstić information content (AvgIpc) is 2.03. The second kappa shape index (κ2) is 3.59. The summed E-state index contributed by atoms with van der Waals surface area (Å²) in [5.41, 5.74) is 2.21. The van der Waals surface area contributed by atoms with E-state index in [1.54, 1.807) is 0 Å². The van der Waals surface area contributed by atoms with Crippen LogP contribution < -0.4 is 0 Å². The molecule has 0 aliphatic rings. The van der Waals surface area contributed by atoms with E-state index in [2.05, 4.69) is 34.8 Å². The maximum absolute atomic E-state index is 5.27. The Balaban J connectivity index is 3.15. The SMILES string of the molecule is C#Cc1cc(Br)cc(CC)c1. The molecule has 1 aromatic rings. The minimum absolute atomic E-state index is 0.941. The van der Waals surface area contributed by atoms with Crippen molar-refractivity contribution in [3.8, 4) is 12.3 Å². The smallest absolute Gasteiger partial charge is 0.0256 e. The van der Waals surface area contributed by atoms with Crippen LogP contribution in [0.1, 0.15) is 18.1 Å². The number of aryl methyl sites for hydroxylation is 1. The maximum atomic E-state index is 5.27. The Labute approximate surface area is 75.8 Å². The molecule has 1 heteroatoms. The normalized spacial score (nSPS) is 9.18. The first kappa shape index (κ1) is 8.36. The topological polar surface area (TPSA) is 0 Å². The molecular formula is C10H9Br. The zero-order valence-corrected chi connectivity index (χ0v) is 7.98. The molecule has 0 bridgehead atoms. The first-order valence-electron chi connectivity index (χ1n) is 3.52. The summed E-state index contributed by atoms with van der Waals surface area (Å²) in [5, 5.41) is 0. The third kappa shape index (κ3) is 2.10. The van der Waals surface area contributed by atoms with Gasteiger partial charge in [-0.25, -0.2) is 0 Å². The average molecular weight is 209 g/mol. The van der Waals surface area contributed by atoms with E-state index in [9.17, 15) is 0 Å². The Morgan fingerprint density at radius 2 is 2.18 bits per heavy atom. The maximum Gasteiger partial charge on any atom is 0.0256 e. The van der Waals surface area contributed by atoms with Crippen LogP contribution in [0.25, 0.3) is 0 Å². The van der Waals surface area contributed by atoms with Crippen LogP contribution in [0.2, 0.25) is 0 Å². The summed E-state index contributed by atoms with van der Waals surface area (Å²) < 4.78 is 1.06. The lowest BCUT2D eigenvalue weighted by atomic mass is 10.1. The summed E-state index contributed by atoms with van der Waals surface area (Å²) >= 11 is 3.40. The van der Waals surface area contributed by atoms with Crippen LogP contribution >= 0.6 is 15.9 Å². The molecular weight excluding hydrogens is 200 g/mol. The highest BCUT2D eigenvalue weighted by atomic mass is 79.9. The van der Waals surface area contributed by atoms with Crippen molar-refractivity contribution in [3.05, 3.63) is 33.8 Å². The Bertz CT molecular complexity index is 294. The third-order valence-electron chi connectivity index (χ3n) is 1.53. The van der Waals surface area contributed by atoms with E-state index in [0.717, 1.165) is 16.5 Å². The fraction of sp³-hybridized carbons (Fsp3) is 0.200. The van der Waals surface area contributed by atoms with Gasteiger partial charge >= 0.3 is 0 Å². The molecule has 0 nitrogen and oxygen atoms in total. The lowest BCUT2D eigenvalue weighted by Crippen LogP contribution is -1.82. The summed E-state index contributed by atoms with van der Waals surface area (Å²) in [6, 6.07) is 6.06. The molecule has 0 saturated heterocycles. The van der Waals surface area contributed by atoms with E-state index >= 15 is 0 Å². The van der Waals surface area contributed by atoms with Gasteiger partial charge in [0.1, 0.15) is 0 Å². The van der Waals surface area contributed by atoms with Gasteiger partial charge in [-0.1, -0.05) is 28.8 Å². The molecule has 0 N–H and O–H groups in total. The van der Waals surface area contributed by atoms with E-state index < -0.39 is 0 Å². The molecule has 0 saturated carbocycles. The molecule has 0 atom stereocenters. The largest absolute Gasteiger partial charge is 0.115 e. The van der Waals surface area contributed by atoms with Gasteiger partial charge in [-0.2, -0.15) is 0 Å². The van der Waals surface area contributed by atoms with Crippen LogP contribution in [-0.4, -0.2) is 0 Å². The Morgan fingerprint density at radius 1 is 1.45 bits per heavy atom. The second-order valence-electron chi connectivity index (χ2n) is 2.35. The van der Waals surface area contributed by atoms with Crippen LogP contribution in [0.4, 0.5) is 0 Å². The Kier molecular flexibility index (Phi) is 2.73. The number of benzene rings is 1. The van der Waals surface area contributed by atoms with Crippen molar-refractivity contribution in [2.45, 2.75) is 13.3 Å². The van der Waals surface area contributed by atoms with E-state index in [1.807, 2.05) is 12.1 Å². The molecule has 1 rings (SSSR count). The van der Waals surface area contributed by atoms with Crippen LogP contribution in [-0.2, 0) is 6.42 Å². The van der Waals surface area contributed by atoms with Crippen LogP contribution in [0, 0.1) is 12.3 Å². The molecule has 0 amide bonds. The summed E-state index contributed by atoms with van der Waals surface area (Å²) in [7, 11) is 0. The van der Waals surface area contributed by atoms with Crippen LogP contribution in [0.15, 0.2) is 22.7 Å². The van der Waals surface area contributed by atoms with Gasteiger partial charge in [0.05, 0.1) is 0 Å². The molecule has 0 heterocycles. The standard InChI is InChI=1S/C10H9Br/c1-3-8-5-9(4-2)7-10(11)6-8/h1,5-7H,4H2,2H3. The number of terminal acetylenes is 1. The van der Waals surface area contributed by atoms with Crippen molar-refractivity contribution < 1.29 is 0 Å². The van der Waals surface area contributed by atoms with E-state index in [1.165, 1.54) is 5.56 Å². The highest BCUT2D eigenvalue weighted by Crippen LogP contribution is 2.15. The van der Waals surface area contributed by atoms with Crippen molar-refractivity contribution in [2.75, 3.05) is 0 Å². The van der Waals surface area contributed by atoms with Gasteiger partial charge in [0.25, 0.3) is 0 Å². The van der Waals surface area contributed by atoms with Gasteiger partial charge in [0.2, 0.25) is 0 Å². The van der Waals surface area contributed by atoms with Crippen molar-refractivity contribution >= 4 is 15.9 Å². The monoisotopic (exact) mass is 208 g/mol. The van der Waals surface area contributed by atoms with Crippen molar-refractivity contribution in [1.82, 2.24) is 0 Å². The van der Waals surface area contributed by atoms with Crippen molar-refractivity contribution in [2.24, 2.45) is 0 Å². The van der Waals surface area contributed by atoms with Gasteiger partial charge in [0.15, 0.2) is 0 Å². The van der Waals surface area contributed by atoms with E-state index in [4.69, 9.17) is 6.42 Å². The summed E-state index contributed by atoms with van der Waals surface area (Å²) in [4.78, 5) is 0. The van der Waals surface area contributed by atoms with Crippen molar-refractivity contribution in [3.63, 3.8) is 0 Å².